The summed E-state index contributed by atoms with van der Waals surface area (Å²) in [6.07, 6.45) is 1.75. The second kappa shape index (κ2) is 10.2. The fraction of sp³-hybridized carbons (Fsp3) is 0.679. The van der Waals surface area contributed by atoms with E-state index in [1.165, 1.54) is 4.90 Å². The number of fused-ring (bicyclic) bond motifs is 2. The summed E-state index contributed by atoms with van der Waals surface area (Å²) in [6, 6.07) is 5.89. The molecule has 212 valence electrons. The Balaban J connectivity index is 1.52. The highest BCUT2D eigenvalue weighted by Crippen LogP contribution is 2.65. The molecule has 3 saturated heterocycles. The number of nitrogens with zero attached hydrogens (tertiary/aromatic N) is 4. The van der Waals surface area contributed by atoms with E-state index in [-0.39, 0.29) is 36.9 Å². The molecular formula is C28H40N6O5. The van der Waals surface area contributed by atoms with Crippen LogP contribution in [-0.4, -0.2) is 79.2 Å². The largest absolute Gasteiger partial charge is 0.394 e. The molecule has 11 heteroatoms. The summed E-state index contributed by atoms with van der Waals surface area (Å²) in [5.74, 6) is -2.31. The van der Waals surface area contributed by atoms with Gasteiger partial charge in [-0.2, -0.15) is 0 Å². The minimum absolute atomic E-state index is 0.0499. The van der Waals surface area contributed by atoms with Crippen LogP contribution in [-0.2, 0) is 25.8 Å². The Hall–Kier alpha value is -3.05. The third-order valence-corrected chi connectivity index (χ3v) is 9.00. The second-order valence-corrected chi connectivity index (χ2v) is 12.0. The van der Waals surface area contributed by atoms with Gasteiger partial charge in [0.15, 0.2) is 0 Å². The first kappa shape index (κ1) is 27.5. The van der Waals surface area contributed by atoms with E-state index in [0.717, 1.165) is 11.9 Å². The van der Waals surface area contributed by atoms with Crippen molar-refractivity contribution in [1.82, 2.24) is 30.5 Å². The van der Waals surface area contributed by atoms with Crippen LogP contribution < -0.4 is 10.6 Å². The zero-order valence-corrected chi connectivity index (χ0v) is 23.4. The van der Waals surface area contributed by atoms with Crippen LogP contribution in [0.15, 0.2) is 24.3 Å². The predicted molar refractivity (Wildman–Crippen MR) is 143 cm³/mol. The Morgan fingerprint density at radius 3 is 2.67 bits per heavy atom. The molecule has 1 aromatic carbocycles. The molecular weight excluding hydrogens is 500 g/mol. The summed E-state index contributed by atoms with van der Waals surface area (Å²) >= 11 is 0. The molecule has 3 aliphatic heterocycles. The summed E-state index contributed by atoms with van der Waals surface area (Å²) in [5.41, 5.74) is -0.565. The normalized spacial score (nSPS) is 32.2. The fourth-order valence-corrected chi connectivity index (χ4v) is 7.23. The Kier molecular flexibility index (Phi) is 7.17. The molecule has 3 fully saturated rings. The summed E-state index contributed by atoms with van der Waals surface area (Å²) < 4.78 is 8.33. The maximum atomic E-state index is 14.3. The predicted octanol–water partition coefficient (Wildman–Crippen LogP) is 1.45. The van der Waals surface area contributed by atoms with E-state index < -0.39 is 41.0 Å². The van der Waals surface area contributed by atoms with Gasteiger partial charge < -0.3 is 25.4 Å². The Labute approximate surface area is 228 Å². The average molecular weight is 541 g/mol. The quantitative estimate of drug-likeness (QED) is 0.415. The molecule has 3 unspecified atom stereocenters. The molecule has 4 heterocycles. The number of hydrogen-bond donors (Lipinski definition) is 3. The minimum Gasteiger partial charge on any atom is -0.394 e. The van der Waals surface area contributed by atoms with Gasteiger partial charge in [-0.25, -0.2) is 4.68 Å². The third kappa shape index (κ3) is 4.21. The van der Waals surface area contributed by atoms with E-state index in [0.29, 0.717) is 24.9 Å². The highest BCUT2D eigenvalue weighted by Gasteiger charge is 2.80. The van der Waals surface area contributed by atoms with E-state index in [1.807, 2.05) is 58.9 Å². The third-order valence-electron chi connectivity index (χ3n) is 9.00. The van der Waals surface area contributed by atoms with Crippen LogP contribution in [0, 0.1) is 23.7 Å². The van der Waals surface area contributed by atoms with Gasteiger partial charge in [0.1, 0.15) is 23.8 Å². The molecule has 0 radical (unpaired) electrons. The molecule has 2 bridgehead atoms. The van der Waals surface area contributed by atoms with Gasteiger partial charge in [-0.3, -0.25) is 14.4 Å². The van der Waals surface area contributed by atoms with E-state index in [9.17, 15) is 19.5 Å². The highest BCUT2D eigenvalue weighted by molar-refractivity contribution is 5.99. The molecule has 1 aromatic heterocycles. The smallest absolute Gasteiger partial charge is 0.247 e. The van der Waals surface area contributed by atoms with Crippen molar-refractivity contribution >= 4 is 28.8 Å². The fourth-order valence-electron chi connectivity index (χ4n) is 7.23. The van der Waals surface area contributed by atoms with Crippen LogP contribution in [0.3, 0.4) is 0 Å². The number of ether oxygens (including phenoxy) is 1. The summed E-state index contributed by atoms with van der Waals surface area (Å²) in [6.45, 7) is 10.2. The van der Waals surface area contributed by atoms with Crippen molar-refractivity contribution in [3.63, 3.8) is 0 Å². The van der Waals surface area contributed by atoms with Crippen LogP contribution in [0.1, 0.15) is 53.9 Å². The first-order valence-corrected chi connectivity index (χ1v) is 14.1. The van der Waals surface area contributed by atoms with Crippen molar-refractivity contribution in [2.24, 2.45) is 23.7 Å². The molecule has 2 aromatic rings. The number of benzene rings is 1. The van der Waals surface area contributed by atoms with Crippen molar-refractivity contribution in [2.75, 3.05) is 13.2 Å². The van der Waals surface area contributed by atoms with Gasteiger partial charge in [-0.05, 0) is 50.2 Å². The van der Waals surface area contributed by atoms with Gasteiger partial charge in [-0.15, -0.1) is 5.10 Å². The number of para-hydroxylation sites is 1. The lowest BCUT2D eigenvalue weighted by atomic mass is 9.62. The number of carbonyl (C=O) groups excluding carboxylic acids is 3. The van der Waals surface area contributed by atoms with Crippen LogP contribution in [0.4, 0.5) is 0 Å². The monoisotopic (exact) mass is 540 g/mol. The molecule has 3 N–H and O–H groups in total. The number of hydrogen-bond acceptors (Lipinski definition) is 7. The molecule has 0 saturated carbocycles. The standard InChI is InChI=1S/C28H40N6O5/c1-6-11-29-24(36)21-22-26(38)34(18(14-35)12-16(2)3)23(28(22)13-17(4)27(21,5)39-28)25(37)30-15-33-20-10-8-7-9-19(20)31-32-33/h7-10,16-18,21-23,35H,6,11-15H2,1-5H3,(H,29,36)(H,30,37)/t17?,18-,21-,22+,23?,27+,28?/m1/s1. The topological polar surface area (TPSA) is 139 Å². The Morgan fingerprint density at radius 1 is 1.23 bits per heavy atom. The summed E-state index contributed by atoms with van der Waals surface area (Å²) in [4.78, 5) is 43.4. The number of aromatic nitrogens is 3. The van der Waals surface area contributed by atoms with Crippen LogP contribution in [0.25, 0.3) is 11.0 Å². The number of aliphatic hydroxyl groups is 1. The Morgan fingerprint density at radius 2 is 1.97 bits per heavy atom. The Bertz CT molecular complexity index is 1260. The van der Waals surface area contributed by atoms with E-state index in [2.05, 4.69) is 20.9 Å². The average Bonchev–Trinajstić information content (AvgIpc) is 3.57. The summed E-state index contributed by atoms with van der Waals surface area (Å²) in [5, 5.41) is 24.7. The first-order chi connectivity index (χ1) is 18.6. The molecule has 3 aliphatic rings. The van der Waals surface area contributed by atoms with Crippen molar-refractivity contribution in [1.29, 1.82) is 0 Å². The zero-order chi connectivity index (χ0) is 28.1. The van der Waals surface area contributed by atoms with Gasteiger partial charge in [0.2, 0.25) is 17.7 Å². The lowest BCUT2D eigenvalue weighted by Crippen LogP contribution is -2.58. The highest BCUT2D eigenvalue weighted by atomic mass is 16.5. The molecule has 0 aliphatic carbocycles. The van der Waals surface area contributed by atoms with Crippen molar-refractivity contribution in [3.8, 4) is 0 Å². The van der Waals surface area contributed by atoms with Gasteiger partial charge in [-0.1, -0.05) is 45.0 Å². The van der Waals surface area contributed by atoms with Gasteiger partial charge >= 0.3 is 0 Å². The van der Waals surface area contributed by atoms with Crippen molar-refractivity contribution < 1.29 is 24.2 Å². The lowest BCUT2D eigenvalue weighted by molar-refractivity contribution is -0.151. The number of likely N-dealkylation sites (tertiary alicyclic amines) is 1. The number of nitrogens with one attached hydrogen (secondary N) is 2. The maximum absolute atomic E-state index is 14.3. The molecule has 11 nitrogen and oxygen atoms in total. The molecule has 39 heavy (non-hydrogen) atoms. The number of aliphatic hydroxyl groups excluding tert-OH is 1. The van der Waals surface area contributed by atoms with Crippen LogP contribution in [0.5, 0.6) is 0 Å². The van der Waals surface area contributed by atoms with E-state index in [4.69, 9.17) is 4.74 Å². The van der Waals surface area contributed by atoms with Gasteiger partial charge in [0, 0.05) is 6.54 Å². The SMILES string of the molecule is CCCNC(=O)[C@H]1[C@H]2C(=O)N([C@@H](CO)CC(C)C)C(C(=O)NCn3nnc4ccccc43)C23CC(C)[C@]1(C)O3. The molecule has 1 spiro atoms. The molecule has 3 amide bonds. The summed E-state index contributed by atoms with van der Waals surface area (Å²) in [7, 11) is 0. The number of rotatable bonds is 10. The van der Waals surface area contributed by atoms with Crippen molar-refractivity contribution in [2.45, 2.75) is 83.8 Å². The minimum atomic E-state index is -1.17. The lowest BCUT2D eigenvalue weighted by Gasteiger charge is -2.37. The van der Waals surface area contributed by atoms with Crippen LogP contribution in [0.2, 0.25) is 0 Å². The van der Waals surface area contributed by atoms with E-state index in [1.54, 1.807) is 4.68 Å². The van der Waals surface area contributed by atoms with Crippen molar-refractivity contribution in [3.05, 3.63) is 24.3 Å². The maximum Gasteiger partial charge on any atom is 0.247 e. The van der Waals surface area contributed by atoms with Gasteiger partial charge in [0.25, 0.3) is 0 Å². The number of carbonyl (C=O) groups is 3. The van der Waals surface area contributed by atoms with E-state index >= 15 is 0 Å². The zero-order valence-electron chi connectivity index (χ0n) is 23.4. The number of amides is 3. The second-order valence-electron chi connectivity index (χ2n) is 12.0. The molecule has 7 atom stereocenters. The first-order valence-electron chi connectivity index (χ1n) is 14.1. The molecule has 5 rings (SSSR count). The van der Waals surface area contributed by atoms with Crippen LogP contribution >= 0.6 is 0 Å². The van der Waals surface area contributed by atoms with Gasteiger partial charge in [0.05, 0.1) is 35.6 Å².